The molecule has 0 spiro atoms. The molecule has 0 aliphatic heterocycles. The molecule has 3 N–H and O–H groups in total. The van der Waals surface area contributed by atoms with Gasteiger partial charge in [-0.2, -0.15) is 0 Å². The summed E-state index contributed by atoms with van der Waals surface area (Å²) in [5.41, 5.74) is 0. The SMILES string of the molecule is O=C(O)OB(OC(=O)C(=O)O)OC(=O)C(=O)O.[H-].[H-].[Li+].[Li+]. The molecule has 0 unspecified atom stereocenters. The van der Waals surface area contributed by atoms with Crippen molar-refractivity contribution in [2.75, 3.05) is 0 Å². The first kappa shape index (κ1) is 22.6. The van der Waals surface area contributed by atoms with Gasteiger partial charge in [0.25, 0.3) is 0 Å². The van der Waals surface area contributed by atoms with E-state index in [1.54, 1.807) is 0 Å². The summed E-state index contributed by atoms with van der Waals surface area (Å²) in [6, 6.07) is 0. The molecule has 0 aliphatic rings. The van der Waals surface area contributed by atoms with Gasteiger partial charge in [-0.05, 0) is 0 Å². The second-order valence-electron chi connectivity index (χ2n) is 2.09. The number of aliphatic carboxylic acids is 2. The van der Waals surface area contributed by atoms with Crippen LogP contribution in [0.2, 0.25) is 0 Å². The monoisotopic (exact) mass is 266 g/mol. The second-order valence-corrected chi connectivity index (χ2v) is 2.09. The van der Waals surface area contributed by atoms with Crippen LogP contribution in [0.5, 0.6) is 0 Å². The van der Waals surface area contributed by atoms with Crippen LogP contribution in [-0.2, 0) is 33.1 Å². The predicted molar refractivity (Wildman–Crippen MR) is 44.5 cm³/mol. The predicted octanol–water partition coefficient (Wildman–Crippen LogP) is -7.85. The molecule has 0 aromatic heterocycles. The molecule has 0 saturated heterocycles. The van der Waals surface area contributed by atoms with Crippen molar-refractivity contribution in [1.82, 2.24) is 0 Å². The van der Waals surface area contributed by atoms with Gasteiger partial charge < -0.3 is 32.1 Å². The number of hydrogen-bond acceptors (Lipinski definition) is 8. The van der Waals surface area contributed by atoms with E-state index >= 15 is 0 Å². The molecular weight excluding hydrogens is 261 g/mol. The van der Waals surface area contributed by atoms with Crippen molar-refractivity contribution in [1.29, 1.82) is 0 Å². The van der Waals surface area contributed by atoms with E-state index in [1.165, 1.54) is 0 Å². The minimum Gasteiger partial charge on any atom is -1.00 e. The third-order valence-electron chi connectivity index (χ3n) is 0.953. The maximum atomic E-state index is 10.5. The number of carbonyl (C=O) groups excluding carboxylic acids is 2. The van der Waals surface area contributed by atoms with E-state index in [0.717, 1.165) is 0 Å². The van der Waals surface area contributed by atoms with E-state index < -0.39 is 37.4 Å². The summed E-state index contributed by atoms with van der Waals surface area (Å²) in [6.45, 7) is 0. The quantitative estimate of drug-likeness (QED) is 0.326. The number of carboxylic acids is 2. The van der Waals surface area contributed by atoms with Crippen LogP contribution in [0.4, 0.5) is 4.79 Å². The Labute approximate surface area is 131 Å². The Balaban J connectivity index is -0.000000213. The molecule has 0 radical (unpaired) electrons. The number of hydrogen-bond donors (Lipinski definition) is 3. The summed E-state index contributed by atoms with van der Waals surface area (Å²) in [5.74, 6) is -8.27. The zero-order chi connectivity index (χ0) is 13.6. The fourth-order valence-corrected chi connectivity index (χ4v) is 0.430. The van der Waals surface area contributed by atoms with Gasteiger partial charge in [0.1, 0.15) is 0 Å². The maximum absolute atomic E-state index is 10.5. The Morgan fingerprint density at radius 1 is 0.737 bits per heavy atom. The first-order chi connectivity index (χ1) is 7.73. The fourth-order valence-electron chi connectivity index (χ4n) is 0.430. The van der Waals surface area contributed by atoms with Crippen molar-refractivity contribution in [3.8, 4) is 0 Å². The average Bonchev–Trinajstić information content (AvgIpc) is 2.15. The topological polar surface area (TPSA) is 174 Å². The van der Waals surface area contributed by atoms with E-state index in [9.17, 15) is 24.0 Å². The number of carboxylic acid groups (broad SMARTS) is 3. The Morgan fingerprint density at radius 3 is 1.26 bits per heavy atom. The van der Waals surface area contributed by atoms with Gasteiger partial charge in [-0.1, -0.05) is 0 Å². The molecular formula is C5H5BLi2O11. The van der Waals surface area contributed by atoms with Crippen molar-refractivity contribution in [3.05, 3.63) is 0 Å². The molecule has 0 aliphatic carbocycles. The van der Waals surface area contributed by atoms with Gasteiger partial charge in [0.2, 0.25) is 0 Å². The van der Waals surface area contributed by atoms with E-state index in [0.29, 0.717) is 0 Å². The van der Waals surface area contributed by atoms with Crippen molar-refractivity contribution in [3.63, 3.8) is 0 Å². The second kappa shape index (κ2) is 10.3. The molecule has 14 heteroatoms. The van der Waals surface area contributed by atoms with Crippen LogP contribution >= 0.6 is 0 Å². The summed E-state index contributed by atoms with van der Waals surface area (Å²) >= 11 is 0. The molecule has 0 aromatic carbocycles. The zero-order valence-electron chi connectivity index (χ0n) is 11.7. The summed E-state index contributed by atoms with van der Waals surface area (Å²) < 4.78 is 11.0. The molecule has 0 heterocycles. The largest absolute Gasteiger partial charge is 1.00 e. The molecule has 19 heavy (non-hydrogen) atoms. The summed E-state index contributed by atoms with van der Waals surface area (Å²) in [6.07, 6.45) is -2.09. The third kappa shape index (κ3) is 10.1. The van der Waals surface area contributed by atoms with Crippen LogP contribution in [0.15, 0.2) is 0 Å². The smallest absolute Gasteiger partial charge is 1.00 e. The molecule has 0 amide bonds. The summed E-state index contributed by atoms with van der Waals surface area (Å²) in [7, 11) is -2.63. The van der Waals surface area contributed by atoms with Gasteiger partial charge in [0, 0.05) is 0 Å². The van der Waals surface area contributed by atoms with E-state index in [2.05, 4.69) is 14.0 Å². The van der Waals surface area contributed by atoms with E-state index in [4.69, 9.17) is 15.3 Å². The van der Waals surface area contributed by atoms with Crippen molar-refractivity contribution >= 4 is 37.4 Å². The van der Waals surface area contributed by atoms with Crippen molar-refractivity contribution in [2.45, 2.75) is 0 Å². The fraction of sp³-hybridized carbons (Fsp3) is 0. The van der Waals surface area contributed by atoms with Crippen LogP contribution in [-0.4, -0.2) is 52.7 Å². The average molecular weight is 266 g/mol. The minimum atomic E-state index is -2.63. The molecule has 96 valence electrons. The van der Waals surface area contributed by atoms with Gasteiger partial charge >= 0.3 is 75.1 Å². The Morgan fingerprint density at radius 2 is 1.05 bits per heavy atom. The maximum Gasteiger partial charge on any atom is 1.00 e. The Bertz CT molecular complexity index is 363. The molecule has 0 bridgehead atoms. The first-order valence-electron chi connectivity index (χ1n) is 3.51. The molecule has 0 atom stereocenters. The molecule has 0 aromatic rings. The van der Waals surface area contributed by atoms with Gasteiger partial charge in [0.05, 0.1) is 0 Å². The van der Waals surface area contributed by atoms with Crippen molar-refractivity contribution < 1.29 is 93.8 Å². The first-order valence-corrected chi connectivity index (χ1v) is 3.51. The van der Waals surface area contributed by atoms with Gasteiger partial charge in [0.15, 0.2) is 0 Å². The molecule has 11 nitrogen and oxygen atoms in total. The van der Waals surface area contributed by atoms with Crippen molar-refractivity contribution in [2.24, 2.45) is 0 Å². The minimum absolute atomic E-state index is 0. The Hall–Kier alpha value is -1.59. The molecule has 0 saturated carbocycles. The van der Waals surface area contributed by atoms with Crippen LogP contribution in [0.3, 0.4) is 0 Å². The van der Waals surface area contributed by atoms with E-state index in [1.807, 2.05) is 0 Å². The van der Waals surface area contributed by atoms with Crippen LogP contribution in [0.1, 0.15) is 2.85 Å². The third-order valence-corrected chi connectivity index (χ3v) is 0.953. The Kier molecular flexibility index (Phi) is 12.3. The number of carbonyl (C=O) groups is 5. The van der Waals surface area contributed by atoms with Crippen LogP contribution < -0.4 is 37.7 Å². The number of rotatable bonds is 3. The zero-order valence-corrected chi connectivity index (χ0v) is 9.68. The summed E-state index contributed by atoms with van der Waals surface area (Å²) in [4.78, 5) is 50.9. The van der Waals surface area contributed by atoms with Crippen LogP contribution in [0, 0.1) is 0 Å². The van der Waals surface area contributed by atoms with Gasteiger partial charge in [-0.15, -0.1) is 0 Å². The van der Waals surface area contributed by atoms with Gasteiger partial charge in [-0.3, -0.25) is 0 Å². The van der Waals surface area contributed by atoms with Gasteiger partial charge in [-0.25, -0.2) is 24.0 Å². The standard InChI is InChI=1S/C5H3BO11.2Li.2H/c7-1(8)3(11)15-6(17-5(13)14)16-4(12)2(9)10;;;;/h(H,7,8)(H,9,10)(H,13,14);;;;/q;2*+1;2*-1. The molecule has 0 fully saturated rings. The van der Waals surface area contributed by atoms with E-state index in [-0.39, 0.29) is 40.6 Å². The normalized spacial score (nSPS) is 7.79. The summed E-state index contributed by atoms with van der Waals surface area (Å²) in [5, 5.41) is 24.2. The molecule has 0 rings (SSSR count). The van der Waals surface area contributed by atoms with Crippen LogP contribution in [0.25, 0.3) is 0 Å².